The van der Waals surface area contributed by atoms with Crippen molar-refractivity contribution >= 4 is 22.6 Å². The van der Waals surface area contributed by atoms with E-state index in [0.29, 0.717) is 0 Å². The molecule has 7 rings (SSSR count). The van der Waals surface area contributed by atoms with E-state index < -0.39 is 0 Å². The first kappa shape index (κ1) is 17.1. The highest BCUT2D eigenvalue weighted by Gasteiger charge is 2.54. The fourth-order valence-corrected chi connectivity index (χ4v) is 6.50. The summed E-state index contributed by atoms with van der Waals surface area (Å²) in [7, 11) is 0. The third kappa shape index (κ3) is 2.83. The number of aromatic hydroxyl groups is 1. The van der Waals surface area contributed by atoms with E-state index in [0.717, 1.165) is 65.1 Å². The monoisotopic (exact) mass is 387 g/mol. The first-order chi connectivity index (χ1) is 14.1. The van der Waals surface area contributed by atoms with E-state index in [2.05, 4.69) is 15.3 Å². The van der Waals surface area contributed by atoms with E-state index in [1.165, 1.54) is 19.3 Å². The highest BCUT2D eigenvalue weighted by molar-refractivity contribution is 5.96. The number of imidazole rings is 1. The number of amides is 1. The molecule has 0 radical (unpaired) electrons. The molecule has 148 valence electrons. The van der Waals surface area contributed by atoms with Crippen molar-refractivity contribution in [3.63, 3.8) is 0 Å². The van der Waals surface area contributed by atoms with Gasteiger partial charge in [0.15, 0.2) is 0 Å². The predicted molar refractivity (Wildman–Crippen MR) is 112 cm³/mol. The molecule has 4 bridgehead atoms. The number of fused-ring (bicyclic) bond motifs is 1. The Morgan fingerprint density at radius 2 is 1.66 bits per heavy atom. The summed E-state index contributed by atoms with van der Waals surface area (Å²) in [5.74, 6) is 3.49. The number of aromatic nitrogens is 2. The minimum atomic E-state index is -0.131. The van der Waals surface area contributed by atoms with Crippen LogP contribution in [0.25, 0.3) is 22.4 Å². The molecule has 5 heteroatoms. The Morgan fingerprint density at radius 1 is 1.00 bits per heavy atom. The minimum absolute atomic E-state index is 0.131. The van der Waals surface area contributed by atoms with Crippen molar-refractivity contribution in [3.05, 3.63) is 42.5 Å². The van der Waals surface area contributed by atoms with Crippen molar-refractivity contribution in [2.24, 2.45) is 23.2 Å². The molecular weight excluding hydrogens is 362 g/mol. The lowest BCUT2D eigenvalue weighted by Gasteiger charge is -2.55. The van der Waals surface area contributed by atoms with Gasteiger partial charge in [0.1, 0.15) is 11.6 Å². The molecule has 5 nitrogen and oxygen atoms in total. The summed E-state index contributed by atoms with van der Waals surface area (Å²) in [5.41, 5.74) is 3.29. The Kier molecular flexibility index (Phi) is 3.58. The molecule has 2 aromatic carbocycles. The Bertz CT molecular complexity index is 1060. The molecule has 0 aliphatic heterocycles. The molecule has 0 unspecified atom stereocenters. The van der Waals surface area contributed by atoms with Gasteiger partial charge in [-0.15, -0.1) is 0 Å². The average molecular weight is 387 g/mol. The van der Waals surface area contributed by atoms with Crippen LogP contribution in [0.5, 0.6) is 5.75 Å². The summed E-state index contributed by atoms with van der Waals surface area (Å²) in [6, 6.07) is 13.0. The number of nitrogens with one attached hydrogen (secondary N) is 2. The molecule has 0 atom stereocenters. The smallest absolute Gasteiger partial charge is 0.230 e. The zero-order valence-corrected chi connectivity index (χ0v) is 16.3. The number of anilines is 1. The number of carbonyl (C=O) groups is 1. The van der Waals surface area contributed by atoms with Crippen LogP contribution in [0.4, 0.5) is 5.69 Å². The summed E-state index contributed by atoms with van der Waals surface area (Å²) in [6.45, 7) is 0. The van der Waals surface area contributed by atoms with Crippen LogP contribution in [0.1, 0.15) is 38.5 Å². The number of nitrogens with zero attached hydrogens (tertiary/aromatic N) is 1. The van der Waals surface area contributed by atoms with Gasteiger partial charge in [0, 0.05) is 17.3 Å². The lowest BCUT2D eigenvalue weighted by atomic mass is 9.49. The molecule has 4 saturated carbocycles. The second-order valence-corrected chi connectivity index (χ2v) is 9.52. The SMILES string of the molecule is O=C(Nc1ccc(-c2nc3ccc(O)cc3[nH]2)cc1)C12CC3CC(CC(C3)C1)C2. The number of aromatic amines is 1. The molecule has 0 saturated heterocycles. The van der Waals surface area contributed by atoms with Crippen molar-refractivity contribution in [2.45, 2.75) is 38.5 Å². The first-order valence-corrected chi connectivity index (χ1v) is 10.7. The van der Waals surface area contributed by atoms with Crippen molar-refractivity contribution < 1.29 is 9.90 Å². The average Bonchev–Trinajstić information content (AvgIpc) is 3.10. The molecular formula is C24H25N3O2. The minimum Gasteiger partial charge on any atom is -0.508 e. The maximum atomic E-state index is 13.2. The fraction of sp³-hybridized carbons (Fsp3) is 0.417. The van der Waals surface area contributed by atoms with E-state index in [4.69, 9.17) is 0 Å². The lowest BCUT2D eigenvalue weighted by Crippen LogP contribution is -2.51. The zero-order valence-electron chi connectivity index (χ0n) is 16.3. The van der Waals surface area contributed by atoms with E-state index >= 15 is 0 Å². The largest absolute Gasteiger partial charge is 0.508 e. The summed E-state index contributed by atoms with van der Waals surface area (Å²) < 4.78 is 0. The first-order valence-electron chi connectivity index (χ1n) is 10.7. The predicted octanol–water partition coefficient (Wildman–Crippen LogP) is 5.09. The van der Waals surface area contributed by atoms with Crippen LogP contribution in [0.2, 0.25) is 0 Å². The third-order valence-electron chi connectivity index (χ3n) is 7.40. The quantitative estimate of drug-likeness (QED) is 0.586. The normalized spacial score (nSPS) is 30.0. The maximum absolute atomic E-state index is 13.2. The highest BCUT2D eigenvalue weighted by Crippen LogP contribution is 2.60. The van der Waals surface area contributed by atoms with Gasteiger partial charge in [-0.2, -0.15) is 0 Å². The van der Waals surface area contributed by atoms with E-state index in [1.807, 2.05) is 24.3 Å². The van der Waals surface area contributed by atoms with E-state index in [-0.39, 0.29) is 17.1 Å². The second kappa shape index (κ2) is 6.09. The van der Waals surface area contributed by atoms with Crippen LogP contribution in [-0.2, 0) is 4.79 Å². The number of hydrogen-bond donors (Lipinski definition) is 3. The van der Waals surface area contributed by atoms with E-state index in [9.17, 15) is 9.90 Å². The van der Waals surface area contributed by atoms with Gasteiger partial charge in [0.05, 0.1) is 16.4 Å². The molecule has 1 amide bonds. The number of rotatable bonds is 3. The Morgan fingerprint density at radius 3 is 2.31 bits per heavy atom. The van der Waals surface area contributed by atoms with Gasteiger partial charge in [-0.3, -0.25) is 4.79 Å². The molecule has 1 aromatic heterocycles. The molecule has 4 aliphatic carbocycles. The molecule has 0 spiro atoms. The van der Waals surface area contributed by atoms with E-state index in [1.54, 1.807) is 18.2 Å². The Balaban J connectivity index is 1.21. The Hall–Kier alpha value is -2.82. The maximum Gasteiger partial charge on any atom is 0.230 e. The lowest BCUT2D eigenvalue weighted by molar-refractivity contribution is -0.140. The summed E-state index contributed by atoms with van der Waals surface area (Å²) in [5, 5.41) is 12.8. The van der Waals surface area contributed by atoms with Crippen molar-refractivity contribution in [2.75, 3.05) is 5.32 Å². The summed E-state index contributed by atoms with van der Waals surface area (Å²) in [6.07, 6.45) is 7.27. The summed E-state index contributed by atoms with van der Waals surface area (Å²) >= 11 is 0. The zero-order chi connectivity index (χ0) is 19.6. The number of phenolic OH excluding ortho intramolecular Hbond substituents is 1. The van der Waals surface area contributed by atoms with Crippen LogP contribution in [0, 0.1) is 23.2 Å². The fourth-order valence-electron chi connectivity index (χ4n) is 6.50. The second-order valence-electron chi connectivity index (χ2n) is 9.52. The van der Waals surface area contributed by atoms with Crippen LogP contribution in [0.15, 0.2) is 42.5 Å². The number of phenols is 1. The summed E-state index contributed by atoms with van der Waals surface area (Å²) in [4.78, 5) is 21.0. The number of hydrogen-bond acceptors (Lipinski definition) is 3. The molecule has 29 heavy (non-hydrogen) atoms. The number of carbonyl (C=O) groups excluding carboxylic acids is 1. The van der Waals surface area contributed by atoms with Crippen molar-refractivity contribution in [1.82, 2.24) is 9.97 Å². The Labute approximate surface area is 169 Å². The molecule has 4 aliphatic rings. The van der Waals surface area contributed by atoms with Gasteiger partial charge >= 0.3 is 0 Å². The number of H-pyrrole nitrogens is 1. The molecule has 3 aromatic rings. The molecule has 4 fully saturated rings. The van der Waals surface area contributed by atoms with Crippen LogP contribution in [-0.4, -0.2) is 21.0 Å². The van der Waals surface area contributed by atoms with Gasteiger partial charge in [0.2, 0.25) is 5.91 Å². The van der Waals surface area contributed by atoms with Crippen LogP contribution >= 0.6 is 0 Å². The molecule has 1 heterocycles. The standard InChI is InChI=1S/C24H25N3O2/c28-19-5-6-20-21(10-19)27-22(26-20)17-1-3-18(4-2-17)25-23(29)24-11-14-7-15(12-24)9-16(8-14)13-24/h1-6,10,14-16,28H,7-9,11-13H2,(H,25,29)(H,26,27). The highest BCUT2D eigenvalue weighted by atomic mass is 16.3. The van der Waals surface area contributed by atoms with Gasteiger partial charge in [-0.25, -0.2) is 4.98 Å². The third-order valence-corrected chi connectivity index (χ3v) is 7.40. The van der Waals surface area contributed by atoms with Gasteiger partial charge < -0.3 is 15.4 Å². The van der Waals surface area contributed by atoms with Crippen LogP contribution in [0.3, 0.4) is 0 Å². The van der Waals surface area contributed by atoms with Crippen LogP contribution < -0.4 is 5.32 Å². The topological polar surface area (TPSA) is 78.0 Å². The molecule has 3 N–H and O–H groups in total. The van der Waals surface area contributed by atoms with Gasteiger partial charge in [-0.05, 0) is 92.7 Å². The van der Waals surface area contributed by atoms with Crippen molar-refractivity contribution in [1.29, 1.82) is 0 Å². The van der Waals surface area contributed by atoms with Crippen molar-refractivity contribution in [3.8, 4) is 17.1 Å². The number of benzene rings is 2. The van der Waals surface area contributed by atoms with Gasteiger partial charge in [0.25, 0.3) is 0 Å². The van der Waals surface area contributed by atoms with Gasteiger partial charge in [-0.1, -0.05) is 0 Å².